The summed E-state index contributed by atoms with van der Waals surface area (Å²) in [6.45, 7) is 14.9. The normalized spacial score (nSPS) is 14.2. The summed E-state index contributed by atoms with van der Waals surface area (Å²) in [7, 11) is 7.28. The van der Waals surface area contributed by atoms with Crippen LogP contribution in [0.5, 0.6) is 0 Å². The monoisotopic (exact) mass is 349 g/mol. The van der Waals surface area contributed by atoms with Crippen LogP contribution in [0, 0.1) is 10.8 Å². The van der Waals surface area contributed by atoms with Gasteiger partial charge in [0.05, 0.1) is 0 Å². The topological polar surface area (TPSA) is 3.24 Å². The van der Waals surface area contributed by atoms with Crippen LogP contribution in [0.1, 0.15) is 41.5 Å². The molecule has 0 fully saturated rings. The molecular weight excluding hydrogens is 320 g/mol. The molecule has 17 heavy (non-hydrogen) atoms. The van der Waals surface area contributed by atoms with Crippen molar-refractivity contribution < 1.29 is 20.4 Å². The van der Waals surface area contributed by atoms with Crippen LogP contribution >= 0.6 is 9.24 Å². The fourth-order valence-corrected chi connectivity index (χ4v) is 2.21. The third-order valence-electron chi connectivity index (χ3n) is 3.33. The van der Waals surface area contributed by atoms with Crippen molar-refractivity contribution in [1.29, 1.82) is 0 Å². The fourth-order valence-electron chi connectivity index (χ4n) is 2.07. The van der Waals surface area contributed by atoms with E-state index in [1.165, 1.54) is 0 Å². The molecule has 106 valence electrons. The Kier molecular flexibility index (Phi) is 8.06. The molecule has 0 aromatic rings. The van der Waals surface area contributed by atoms with Gasteiger partial charge in [-0.25, -0.2) is 0 Å². The van der Waals surface area contributed by atoms with Gasteiger partial charge in [0.1, 0.15) is 0 Å². The van der Waals surface area contributed by atoms with Gasteiger partial charge in [0.2, 0.25) is 0 Å². The Hall–Kier alpha value is 0.792. The van der Waals surface area contributed by atoms with E-state index in [2.05, 4.69) is 81.9 Å². The second kappa shape index (κ2) is 6.81. The quantitative estimate of drug-likeness (QED) is 0.425. The smallest absolute Gasteiger partial charge is 0.0157 e. The van der Waals surface area contributed by atoms with Gasteiger partial charge in [0.25, 0.3) is 0 Å². The molecule has 0 N–H and O–H groups in total. The number of hydrogen-bond donors (Lipinski definition) is 0. The summed E-state index contributed by atoms with van der Waals surface area (Å²) in [4.78, 5) is 2.19. The number of hydrogen-bond acceptors (Lipinski definition) is 1. The van der Waals surface area contributed by atoms with E-state index in [9.17, 15) is 0 Å². The van der Waals surface area contributed by atoms with E-state index in [4.69, 9.17) is 0 Å². The second-order valence-electron chi connectivity index (χ2n) is 7.03. The first kappa shape index (κ1) is 20.1. The van der Waals surface area contributed by atoms with Gasteiger partial charge in [-0.2, -0.15) is 0 Å². The molecule has 0 spiro atoms. The average molecular weight is 350 g/mol. The van der Waals surface area contributed by atoms with E-state index in [1.54, 1.807) is 0 Å². The molecule has 1 atom stereocenters. The maximum Gasteiger partial charge on any atom is 0.0157 e. The van der Waals surface area contributed by atoms with Crippen molar-refractivity contribution in [2.24, 2.45) is 10.8 Å². The SMILES string of the molecule is CN(C)C/C=C/C(P)(C(C)(C)C)C(C)(C)C.[Pd]. The van der Waals surface area contributed by atoms with Gasteiger partial charge in [-0.1, -0.05) is 53.7 Å². The molecule has 0 aliphatic heterocycles. The largest absolute Gasteiger partial charge is 0.306 e. The molecule has 0 bridgehead atoms. The molecule has 0 radical (unpaired) electrons. The zero-order valence-corrected chi connectivity index (χ0v) is 15.4. The molecule has 0 rings (SSSR count). The molecule has 0 aromatic heterocycles. The summed E-state index contributed by atoms with van der Waals surface area (Å²) in [5.41, 5.74) is 0.470. The molecular formula is C14H30NPPd. The van der Waals surface area contributed by atoms with Crippen LogP contribution in [0.15, 0.2) is 12.2 Å². The van der Waals surface area contributed by atoms with Gasteiger partial charge in [-0.15, -0.1) is 9.24 Å². The third-order valence-corrected chi connectivity index (χ3v) is 5.26. The molecule has 3 heteroatoms. The van der Waals surface area contributed by atoms with E-state index in [0.29, 0.717) is 0 Å². The third kappa shape index (κ3) is 5.52. The summed E-state index contributed by atoms with van der Waals surface area (Å²) in [5, 5.41) is 0.121. The Balaban J connectivity index is 0. The minimum absolute atomic E-state index is 0. The molecule has 0 heterocycles. The minimum atomic E-state index is 0. The summed E-state index contributed by atoms with van der Waals surface area (Å²) < 4.78 is 0. The Morgan fingerprint density at radius 2 is 1.29 bits per heavy atom. The van der Waals surface area contributed by atoms with Crippen molar-refractivity contribution in [3.05, 3.63) is 12.2 Å². The summed E-state index contributed by atoms with van der Waals surface area (Å²) in [6.07, 6.45) is 4.65. The number of rotatable bonds is 3. The van der Waals surface area contributed by atoms with Gasteiger partial charge in [-0.05, 0) is 24.9 Å². The Morgan fingerprint density at radius 3 is 1.53 bits per heavy atom. The summed E-state index contributed by atoms with van der Waals surface area (Å²) >= 11 is 0. The summed E-state index contributed by atoms with van der Waals surface area (Å²) in [5.74, 6) is 0. The molecule has 0 amide bonds. The van der Waals surface area contributed by atoms with E-state index in [0.717, 1.165) is 6.54 Å². The van der Waals surface area contributed by atoms with E-state index < -0.39 is 0 Å². The molecule has 0 saturated carbocycles. The van der Waals surface area contributed by atoms with Crippen LogP contribution in [-0.4, -0.2) is 30.7 Å². The van der Waals surface area contributed by atoms with Crippen molar-refractivity contribution in [2.75, 3.05) is 20.6 Å². The van der Waals surface area contributed by atoms with Crippen LogP contribution in [0.2, 0.25) is 0 Å². The van der Waals surface area contributed by atoms with Crippen molar-refractivity contribution in [3.8, 4) is 0 Å². The Morgan fingerprint density at radius 1 is 0.941 bits per heavy atom. The molecule has 1 unspecified atom stereocenters. The van der Waals surface area contributed by atoms with Gasteiger partial charge in [0, 0.05) is 32.1 Å². The van der Waals surface area contributed by atoms with Crippen LogP contribution in [0.4, 0.5) is 0 Å². The zero-order valence-electron chi connectivity index (χ0n) is 12.7. The maximum atomic E-state index is 3.08. The van der Waals surface area contributed by atoms with Crippen molar-refractivity contribution in [2.45, 2.75) is 46.7 Å². The number of nitrogens with zero attached hydrogens (tertiary/aromatic N) is 1. The Bertz CT molecular complexity index is 232. The minimum Gasteiger partial charge on any atom is -0.306 e. The van der Waals surface area contributed by atoms with Crippen molar-refractivity contribution in [3.63, 3.8) is 0 Å². The van der Waals surface area contributed by atoms with Crippen LogP contribution in [0.3, 0.4) is 0 Å². The standard InChI is InChI=1S/C14H30NP.Pd/c1-12(2,3)14(16,13(4,5)6)10-9-11-15(7)8;/h9-10H,11,16H2,1-8H3;/b10-9+;. The molecule has 0 aliphatic rings. The predicted molar refractivity (Wildman–Crippen MR) is 79.0 cm³/mol. The van der Waals surface area contributed by atoms with E-state index >= 15 is 0 Å². The molecule has 1 nitrogen and oxygen atoms in total. The number of allylic oxidation sites excluding steroid dienone is 1. The second-order valence-corrected chi connectivity index (χ2v) is 7.94. The maximum absolute atomic E-state index is 3.08. The first-order valence-electron chi connectivity index (χ1n) is 6.03. The zero-order chi connectivity index (χ0) is 13.2. The molecule has 0 saturated heterocycles. The van der Waals surface area contributed by atoms with Gasteiger partial charge >= 0.3 is 0 Å². The first-order valence-corrected chi connectivity index (χ1v) is 6.61. The van der Waals surface area contributed by atoms with Gasteiger partial charge in [-0.3, -0.25) is 0 Å². The predicted octanol–water partition coefficient (Wildman–Crippen LogP) is 3.81. The van der Waals surface area contributed by atoms with Crippen LogP contribution in [0.25, 0.3) is 0 Å². The summed E-state index contributed by atoms with van der Waals surface area (Å²) in [6, 6.07) is 0. The molecule has 0 aromatic carbocycles. The average Bonchev–Trinajstić information content (AvgIpc) is 1.98. The van der Waals surface area contributed by atoms with Crippen molar-refractivity contribution in [1.82, 2.24) is 4.90 Å². The Labute approximate surface area is 125 Å². The van der Waals surface area contributed by atoms with E-state index in [1.807, 2.05) is 0 Å². The fraction of sp³-hybridized carbons (Fsp3) is 0.857. The van der Waals surface area contributed by atoms with Crippen molar-refractivity contribution >= 4 is 9.24 Å². The van der Waals surface area contributed by atoms with Crippen LogP contribution < -0.4 is 0 Å². The number of likely N-dealkylation sites (N-methyl/N-ethyl adjacent to an activating group) is 1. The first-order chi connectivity index (χ1) is 6.92. The van der Waals surface area contributed by atoms with Gasteiger partial charge in [0.15, 0.2) is 0 Å². The van der Waals surface area contributed by atoms with E-state index in [-0.39, 0.29) is 36.4 Å². The molecule has 0 aliphatic carbocycles. The van der Waals surface area contributed by atoms with Gasteiger partial charge < -0.3 is 4.90 Å². The van der Waals surface area contributed by atoms with Crippen LogP contribution in [-0.2, 0) is 20.4 Å².